The molecule has 1 aliphatic rings. The zero-order valence-electron chi connectivity index (χ0n) is 10.2. The van der Waals surface area contributed by atoms with Crippen LogP contribution in [0.15, 0.2) is 12.1 Å². The Morgan fingerprint density at radius 1 is 1.28 bits per heavy atom. The number of nitrogens with zero attached hydrogens (tertiary/aromatic N) is 3. The van der Waals surface area contributed by atoms with E-state index in [2.05, 4.69) is 15.1 Å². The summed E-state index contributed by atoms with van der Waals surface area (Å²) in [5.41, 5.74) is -0.0709. The highest BCUT2D eigenvalue weighted by Gasteiger charge is 2.10. The number of hydrogen-bond donors (Lipinski definition) is 1. The molecule has 2 heterocycles. The molecule has 1 aromatic rings. The van der Waals surface area contributed by atoms with Crippen molar-refractivity contribution < 1.29 is 14.6 Å². The minimum atomic E-state index is -1.08. The van der Waals surface area contributed by atoms with Crippen molar-refractivity contribution in [2.75, 3.05) is 26.2 Å². The molecule has 0 aromatic carbocycles. The van der Waals surface area contributed by atoms with Crippen molar-refractivity contribution in [3.8, 4) is 5.88 Å². The van der Waals surface area contributed by atoms with Crippen molar-refractivity contribution in [2.45, 2.75) is 19.3 Å². The molecule has 0 aliphatic carbocycles. The van der Waals surface area contributed by atoms with Gasteiger partial charge in [0.15, 0.2) is 5.69 Å². The van der Waals surface area contributed by atoms with E-state index in [1.54, 1.807) is 0 Å². The Bertz CT molecular complexity index is 388. The SMILES string of the molecule is O=C(O)c1ccc(OCCN2CCCCC2)nn1. The Labute approximate surface area is 106 Å². The minimum Gasteiger partial charge on any atom is -0.476 e. The number of aromatic nitrogens is 2. The van der Waals surface area contributed by atoms with E-state index < -0.39 is 5.97 Å². The van der Waals surface area contributed by atoms with Crippen molar-refractivity contribution >= 4 is 5.97 Å². The molecule has 1 N–H and O–H groups in total. The van der Waals surface area contributed by atoms with Crippen LogP contribution in [0.5, 0.6) is 5.88 Å². The molecular weight excluding hydrogens is 234 g/mol. The lowest BCUT2D eigenvalue weighted by molar-refractivity contribution is 0.0689. The predicted molar refractivity (Wildman–Crippen MR) is 64.8 cm³/mol. The summed E-state index contributed by atoms with van der Waals surface area (Å²) in [5, 5.41) is 15.9. The van der Waals surface area contributed by atoms with Crippen LogP contribution in [0.3, 0.4) is 0 Å². The van der Waals surface area contributed by atoms with Crippen LogP contribution in [0.2, 0.25) is 0 Å². The van der Waals surface area contributed by atoms with Gasteiger partial charge >= 0.3 is 5.97 Å². The lowest BCUT2D eigenvalue weighted by atomic mass is 10.1. The normalized spacial score (nSPS) is 16.4. The average molecular weight is 251 g/mol. The second kappa shape index (κ2) is 6.30. The van der Waals surface area contributed by atoms with Gasteiger partial charge < -0.3 is 9.84 Å². The minimum absolute atomic E-state index is 0.0709. The zero-order chi connectivity index (χ0) is 12.8. The monoisotopic (exact) mass is 251 g/mol. The number of piperidine rings is 1. The fourth-order valence-electron chi connectivity index (χ4n) is 1.97. The van der Waals surface area contributed by atoms with E-state index >= 15 is 0 Å². The molecule has 18 heavy (non-hydrogen) atoms. The molecule has 0 saturated carbocycles. The first-order valence-electron chi connectivity index (χ1n) is 6.18. The van der Waals surface area contributed by atoms with Crippen molar-refractivity contribution in [3.63, 3.8) is 0 Å². The third-order valence-electron chi connectivity index (χ3n) is 2.97. The van der Waals surface area contributed by atoms with Crippen LogP contribution in [0.25, 0.3) is 0 Å². The van der Waals surface area contributed by atoms with E-state index in [0.717, 1.165) is 19.6 Å². The topological polar surface area (TPSA) is 75.6 Å². The zero-order valence-corrected chi connectivity index (χ0v) is 10.2. The van der Waals surface area contributed by atoms with E-state index in [1.807, 2.05) is 0 Å². The van der Waals surface area contributed by atoms with Gasteiger partial charge in [0, 0.05) is 12.6 Å². The van der Waals surface area contributed by atoms with Gasteiger partial charge in [-0.25, -0.2) is 4.79 Å². The molecule has 2 rings (SSSR count). The van der Waals surface area contributed by atoms with Crippen LogP contribution in [-0.4, -0.2) is 52.4 Å². The maximum Gasteiger partial charge on any atom is 0.356 e. The Morgan fingerprint density at radius 2 is 2.06 bits per heavy atom. The van der Waals surface area contributed by atoms with Crippen molar-refractivity contribution in [2.24, 2.45) is 0 Å². The molecular formula is C12H17N3O3. The number of ether oxygens (including phenoxy) is 1. The molecule has 0 amide bonds. The summed E-state index contributed by atoms with van der Waals surface area (Å²) in [5.74, 6) is -0.709. The quantitative estimate of drug-likeness (QED) is 0.842. The molecule has 0 spiro atoms. The lowest BCUT2D eigenvalue weighted by Gasteiger charge is -2.25. The van der Waals surface area contributed by atoms with Crippen LogP contribution >= 0.6 is 0 Å². The molecule has 98 valence electrons. The Hall–Kier alpha value is -1.69. The highest BCUT2D eigenvalue weighted by atomic mass is 16.5. The first-order valence-corrected chi connectivity index (χ1v) is 6.18. The van der Waals surface area contributed by atoms with Crippen LogP contribution in [0.4, 0.5) is 0 Å². The summed E-state index contributed by atoms with van der Waals surface area (Å²) in [6.07, 6.45) is 3.83. The third-order valence-corrected chi connectivity index (χ3v) is 2.97. The molecule has 6 heteroatoms. The number of hydrogen-bond acceptors (Lipinski definition) is 5. The second-order valence-corrected chi connectivity index (χ2v) is 4.31. The third kappa shape index (κ3) is 3.66. The molecule has 0 bridgehead atoms. The van der Waals surface area contributed by atoms with E-state index in [-0.39, 0.29) is 5.69 Å². The van der Waals surface area contributed by atoms with E-state index in [1.165, 1.54) is 31.4 Å². The summed E-state index contributed by atoms with van der Waals surface area (Å²) in [7, 11) is 0. The molecule has 6 nitrogen and oxygen atoms in total. The van der Waals surface area contributed by atoms with Crippen LogP contribution in [0, 0.1) is 0 Å². The molecule has 0 unspecified atom stereocenters. The lowest BCUT2D eigenvalue weighted by Crippen LogP contribution is -2.33. The van der Waals surface area contributed by atoms with Gasteiger partial charge in [-0.2, -0.15) is 0 Å². The number of carboxylic acid groups (broad SMARTS) is 1. The van der Waals surface area contributed by atoms with Gasteiger partial charge in [0.2, 0.25) is 5.88 Å². The average Bonchev–Trinajstić information content (AvgIpc) is 2.40. The summed E-state index contributed by atoms with van der Waals surface area (Å²) in [6.45, 7) is 3.70. The van der Waals surface area contributed by atoms with Crippen LogP contribution < -0.4 is 4.74 Å². The maximum absolute atomic E-state index is 10.6. The van der Waals surface area contributed by atoms with Gasteiger partial charge in [0.05, 0.1) is 0 Å². The summed E-state index contributed by atoms with van der Waals surface area (Å²) in [4.78, 5) is 12.9. The van der Waals surface area contributed by atoms with Gasteiger partial charge in [0.1, 0.15) is 6.61 Å². The van der Waals surface area contributed by atoms with Gasteiger partial charge in [-0.15, -0.1) is 10.2 Å². The first kappa shape index (κ1) is 12.8. The Kier molecular flexibility index (Phi) is 4.46. The molecule has 1 aromatic heterocycles. The highest BCUT2D eigenvalue weighted by molar-refractivity contribution is 5.84. The molecule has 1 aliphatic heterocycles. The first-order chi connectivity index (χ1) is 8.75. The Morgan fingerprint density at radius 3 is 2.67 bits per heavy atom. The fraction of sp³-hybridized carbons (Fsp3) is 0.583. The number of likely N-dealkylation sites (tertiary alicyclic amines) is 1. The highest BCUT2D eigenvalue weighted by Crippen LogP contribution is 2.09. The molecule has 1 saturated heterocycles. The van der Waals surface area contributed by atoms with Crippen molar-refractivity contribution in [1.29, 1.82) is 0 Å². The summed E-state index contributed by atoms with van der Waals surface area (Å²) in [6, 6.07) is 2.93. The standard InChI is InChI=1S/C12H17N3O3/c16-12(17)10-4-5-11(14-13-10)18-9-8-15-6-2-1-3-7-15/h4-5H,1-3,6-9H2,(H,16,17). The number of carbonyl (C=O) groups is 1. The number of rotatable bonds is 5. The van der Waals surface area contributed by atoms with E-state index in [4.69, 9.17) is 9.84 Å². The van der Waals surface area contributed by atoms with Crippen molar-refractivity contribution in [1.82, 2.24) is 15.1 Å². The number of carboxylic acids is 1. The van der Waals surface area contributed by atoms with Gasteiger partial charge in [-0.05, 0) is 32.0 Å². The Balaban J connectivity index is 1.74. The largest absolute Gasteiger partial charge is 0.476 e. The summed E-state index contributed by atoms with van der Waals surface area (Å²) < 4.78 is 5.44. The summed E-state index contributed by atoms with van der Waals surface area (Å²) >= 11 is 0. The number of aromatic carboxylic acids is 1. The smallest absolute Gasteiger partial charge is 0.356 e. The maximum atomic E-state index is 10.6. The van der Waals surface area contributed by atoms with Gasteiger partial charge in [0.25, 0.3) is 0 Å². The van der Waals surface area contributed by atoms with Gasteiger partial charge in [-0.1, -0.05) is 6.42 Å². The predicted octanol–water partition coefficient (Wildman–Crippen LogP) is 1.04. The van der Waals surface area contributed by atoms with Crippen molar-refractivity contribution in [3.05, 3.63) is 17.8 Å². The van der Waals surface area contributed by atoms with E-state index in [9.17, 15) is 4.79 Å². The van der Waals surface area contributed by atoms with Gasteiger partial charge in [-0.3, -0.25) is 4.90 Å². The van der Waals surface area contributed by atoms with E-state index in [0.29, 0.717) is 12.5 Å². The molecule has 1 fully saturated rings. The fourth-order valence-corrected chi connectivity index (χ4v) is 1.97. The molecule has 0 atom stereocenters. The van der Waals surface area contributed by atoms with Crippen LogP contribution in [0.1, 0.15) is 29.8 Å². The second-order valence-electron chi connectivity index (χ2n) is 4.31. The van der Waals surface area contributed by atoms with Crippen LogP contribution in [-0.2, 0) is 0 Å². The molecule has 0 radical (unpaired) electrons.